The first kappa shape index (κ1) is 12.8. The molecule has 3 fully saturated rings. The van der Waals surface area contributed by atoms with Crippen molar-refractivity contribution in [2.24, 2.45) is 11.8 Å². The first-order valence-electron chi connectivity index (χ1n) is 6.75. The largest absolute Gasteiger partial charge is 0.389 e. The van der Waals surface area contributed by atoms with Crippen molar-refractivity contribution in [2.45, 2.75) is 56.7 Å². The van der Waals surface area contributed by atoms with Gasteiger partial charge in [-0.15, -0.1) is 0 Å². The van der Waals surface area contributed by atoms with Gasteiger partial charge >= 0.3 is 0 Å². The van der Waals surface area contributed by atoms with E-state index >= 15 is 0 Å². The van der Waals surface area contributed by atoms with E-state index in [1.165, 1.54) is 4.31 Å². The Hall–Kier alpha value is -0.170. The van der Waals surface area contributed by atoms with Gasteiger partial charge in [-0.25, -0.2) is 8.42 Å². The second kappa shape index (κ2) is 4.16. The SMILES string of the molecule is CC(C)[C@@H]1C[C@H]2CO[C@@H]([C@H]1O)N2S(=O)(=O)C1CC1. The molecule has 0 aromatic rings. The van der Waals surface area contributed by atoms with Crippen LogP contribution in [0, 0.1) is 11.8 Å². The summed E-state index contributed by atoms with van der Waals surface area (Å²) in [5, 5.41) is 10.1. The second-order valence-electron chi connectivity index (χ2n) is 6.09. The molecule has 104 valence electrons. The summed E-state index contributed by atoms with van der Waals surface area (Å²) in [6.45, 7) is 4.56. The molecule has 1 aliphatic carbocycles. The van der Waals surface area contributed by atoms with Crippen molar-refractivity contribution in [3.05, 3.63) is 0 Å². The predicted octanol–water partition coefficient (Wildman–Crippen LogP) is 0.542. The monoisotopic (exact) mass is 275 g/mol. The molecule has 0 unspecified atom stereocenters. The van der Waals surface area contributed by atoms with Crippen molar-refractivity contribution in [3.63, 3.8) is 0 Å². The van der Waals surface area contributed by atoms with Gasteiger partial charge in [-0.3, -0.25) is 0 Å². The highest BCUT2D eigenvalue weighted by Gasteiger charge is 2.56. The number of rotatable bonds is 3. The maximum Gasteiger partial charge on any atom is 0.219 e. The lowest BCUT2D eigenvalue weighted by Crippen LogP contribution is -2.56. The first-order valence-corrected chi connectivity index (χ1v) is 8.25. The molecule has 4 atom stereocenters. The van der Waals surface area contributed by atoms with E-state index in [0.29, 0.717) is 18.9 Å². The lowest BCUT2D eigenvalue weighted by molar-refractivity contribution is -0.0878. The standard InChI is InChI=1S/C12H21NO4S/c1-7(2)10-5-8-6-17-12(11(10)14)13(8)18(15,16)9-3-4-9/h7-12,14H,3-6H2,1-2H3/t8-,10-,11-,12-/m0/s1. The van der Waals surface area contributed by atoms with Gasteiger partial charge in [0, 0.05) is 0 Å². The Morgan fingerprint density at radius 2 is 2.00 bits per heavy atom. The van der Waals surface area contributed by atoms with Crippen LogP contribution in [0.25, 0.3) is 0 Å². The molecule has 2 bridgehead atoms. The fourth-order valence-electron chi connectivity index (χ4n) is 3.21. The summed E-state index contributed by atoms with van der Waals surface area (Å²) in [6, 6.07) is -0.0728. The number of ether oxygens (including phenoxy) is 1. The molecule has 0 amide bonds. The van der Waals surface area contributed by atoms with Gasteiger partial charge in [-0.1, -0.05) is 13.8 Å². The lowest BCUT2D eigenvalue weighted by atomic mass is 9.82. The number of fused-ring (bicyclic) bond motifs is 2. The van der Waals surface area contributed by atoms with Crippen molar-refractivity contribution in [1.29, 1.82) is 0 Å². The Kier molecular flexibility index (Phi) is 2.97. The van der Waals surface area contributed by atoms with Crippen LogP contribution in [0.5, 0.6) is 0 Å². The fourth-order valence-corrected chi connectivity index (χ4v) is 5.32. The topological polar surface area (TPSA) is 66.8 Å². The molecule has 3 aliphatic rings. The van der Waals surface area contributed by atoms with Gasteiger partial charge in [0.25, 0.3) is 0 Å². The third kappa shape index (κ3) is 1.81. The van der Waals surface area contributed by atoms with Gasteiger partial charge in [0.05, 0.1) is 24.0 Å². The van der Waals surface area contributed by atoms with Gasteiger partial charge in [-0.2, -0.15) is 4.31 Å². The molecular formula is C12H21NO4S. The van der Waals surface area contributed by atoms with Gasteiger partial charge in [0.15, 0.2) is 0 Å². The molecule has 1 saturated carbocycles. The number of hydrogen-bond acceptors (Lipinski definition) is 4. The van der Waals surface area contributed by atoms with Crippen LogP contribution in [0.2, 0.25) is 0 Å². The quantitative estimate of drug-likeness (QED) is 0.816. The van der Waals surface area contributed by atoms with Crippen molar-refractivity contribution in [3.8, 4) is 0 Å². The lowest BCUT2D eigenvalue weighted by Gasteiger charge is -2.41. The molecule has 2 saturated heterocycles. The average Bonchev–Trinajstić information content (AvgIpc) is 3.07. The molecular weight excluding hydrogens is 254 g/mol. The van der Waals surface area contributed by atoms with Crippen LogP contribution in [-0.2, 0) is 14.8 Å². The number of aliphatic hydroxyl groups excluding tert-OH is 1. The molecule has 0 spiro atoms. The number of hydrogen-bond donors (Lipinski definition) is 1. The summed E-state index contributed by atoms with van der Waals surface area (Å²) in [6.07, 6.45) is 0.865. The van der Waals surface area contributed by atoms with Crippen LogP contribution >= 0.6 is 0 Å². The molecule has 3 rings (SSSR count). The van der Waals surface area contributed by atoms with Gasteiger partial charge in [0.1, 0.15) is 6.23 Å². The Bertz CT molecular complexity index is 431. The number of sulfonamides is 1. The summed E-state index contributed by atoms with van der Waals surface area (Å²) in [5.41, 5.74) is 0. The Labute approximate surface area is 108 Å². The third-order valence-corrected chi connectivity index (χ3v) is 6.85. The summed E-state index contributed by atoms with van der Waals surface area (Å²) < 4.78 is 31.7. The van der Waals surface area contributed by atoms with Crippen molar-refractivity contribution < 1.29 is 18.3 Å². The molecule has 0 aromatic heterocycles. The van der Waals surface area contributed by atoms with Crippen LogP contribution < -0.4 is 0 Å². The van der Waals surface area contributed by atoms with Crippen LogP contribution in [0.15, 0.2) is 0 Å². The highest BCUT2D eigenvalue weighted by atomic mass is 32.2. The van der Waals surface area contributed by atoms with Crippen LogP contribution in [0.3, 0.4) is 0 Å². The van der Waals surface area contributed by atoms with Gasteiger partial charge in [0.2, 0.25) is 10.0 Å². The Balaban J connectivity index is 1.87. The minimum Gasteiger partial charge on any atom is -0.389 e. The minimum absolute atomic E-state index is 0.0728. The van der Waals surface area contributed by atoms with Crippen molar-refractivity contribution >= 4 is 10.0 Å². The number of piperidine rings is 1. The summed E-state index contributed by atoms with van der Waals surface area (Å²) in [4.78, 5) is 0. The van der Waals surface area contributed by atoms with E-state index in [2.05, 4.69) is 13.8 Å². The molecule has 2 heterocycles. The minimum atomic E-state index is -3.26. The van der Waals surface area contributed by atoms with Crippen LogP contribution in [0.4, 0.5) is 0 Å². The third-order valence-electron chi connectivity index (χ3n) is 4.44. The second-order valence-corrected chi connectivity index (χ2v) is 8.20. The smallest absolute Gasteiger partial charge is 0.219 e. The highest BCUT2D eigenvalue weighted by molar-refractivity contribution is 7.90. The normalized spacial score (nSPS) is 41.6. The molecule has 5 nitrogen and oxygen atoms in total. The molecule has 6 heteroatoms. The molecule has 18 heavy (non-hydrogen) atoms. The van der Waals surface area contributed by atoms with E-state index in [4.69, 9.17) is 4.74 Å². The molecule has 0 aromatic carbocycles. The zero-order valence-electron chi connectivity index (χ0n) is 10.8. The number of nitrogens with zero attached hydrogens (tertiary/aromatic N) is 1. The zero-order chi connectivity index (χ0) is 13.1. The molecule has 2 aliphatic heterocycles. The van der Waals surface area contributed by atoms with Gasteiger partial charge < -0.3 is 9.84 Å². The first-order chi connectivity index (χ1) is 8.43. The maximum absolute atomic E-state index is 12.4. The van der Waals surface area contributed by atoms with Crippen LogP contribution in [-0.4, -0.2) is 48.1 Å². The van der Waals surface area contributed by atoms with Gasteiger partial charge in [-0.05, 0) is 31.1 Å². The zero-order valence-corrected chi connectivity index (χ0v) is 11.6. The van der Waals surface area contributed by atoms with E-state index < -0.39 is 22.4 Å². The maximum atomic E-state index is 12.4. The Morgan fingerprint density at radius 3 is 2.56 bits per heavy atom. The predicted molar refractivity (Wildman–Crippen MR) is 66.3 cm³/mol. The number of aliphatic hydroxyl groups is 1. The van der Waals surface area contributed by atoms with E-state index in [1.807, 2.05) is 0 Å². The summed E-state index contributed by atoms with van der Waals surface area (Å²) in [7, 11) is -3.26. The molecule has 1 N–H and O–H groups in total. The fraction of sp³-hybridized carbons (Fsp3) is 1.00. The van der Waals surface area contributed by atoms with Crippen LogP contribution in [0.1, 0.15) is 33.1 Å². The van der Waals surface area contributed by atoms with Crippen molar-refractivity contribution in [1.82, 2.24) is 4.31 Å². The van der Waals surface area contributed by atoms with E-state index in [0.717, 1.165) is 12.8 Å². The molecule has 0 radical (unpaired) electrons. The average molecular weight is 275 g/mol. The summed E-state index contributed by atoms with van der Waals surface area (Å²) >= 11 is 0. The highest BCUT2D eigenvalue weighted by Crippen LogP contribution is 2.43. The van der Waals surface area contributed by atoms with E-state index in [-0.39, 0.29) is 17.2 Å². The summed E-state index contributed by atoms with van der Waals surface area (Å²) in [5.74, 6) is 0.477. The Morgan fingerprint density at radius 1 is 1.33 bits per heavy atom. The van der Waals surface area contributed by atoms with Crippen molar-refractivity contribution in [2.75, 3.05) is 6.61 Å². The van der Waals surface area contributed by atoms with E-state index in [9.17, 15) is 13.5 Å². The van der Waals surface area contributed by atoms with E-state index in [1.54, 1.807) is 0 Å².